The first-order chi connectivity index (χ1) is 5.60. The third kappa shape index (κ3) is 5.08. The molecule has 0 aromatic carbocycles. The van der Waals surface area contributed by atoms with Gasteiger partial charge >= 0.3 is 0 Å². The fourth-order valence-corrected chi connectivity index (χ4v) is 1.19. The standard InChI is InChI=1S/C10H19NO/c1-5-11(6-2)8-9(3)7-10(4)12/h7H,5-6,8H2,1-4H3. The highest BCUT2D eigenvalue weighted by molar-refractivity contribution is 5.87. The third-order valence-corrected chi connectivity index (χ3v) is 1.82. The number of ketones is 1. The topological polar surface area (TPSA) is 20.3 Å². The summed E-state index contributed by atoms with van der Waals surface area (Å²) < 4.78 is 0. The Morgan fingerprint density at radius 1 is 1.25 bits per heavy atom. The maximum absolute atomic E-state index is 10.7. The maximum Gasteiger partial charge on any atom is 0.152 e. The van der Waals surface area contributed by atoms with Crippen LogP contribution in [0, 0.1) is 0 Å². The van der Waals surface area contributed by atoms with Crippen LogP contribution in [0.25, 0.3) is 0 Å². The van der Waals surface area contributed by atoms with E-state index in [0.29, 0.717) is 0 Å². The Bertz CT molecular complexity index is 169. The molecule has 0 saturated carbocycles. The molecular weight excluding hydrogens is 150 g/mol. The Morgan fingerprint density at radius 3 is 2.08 bits per heavy atom. The van der Waals surface area contributed by atoms with Crippen molar-refractivity contribution in [3.8, 4) is 0 Å². The van der Waals surface area contributed by atoms with Crippen molar-refractivity contribution in [2.45, 2.75) is 27.7 Å². The average molecular weight is 169 g/mol. The smallest absolute Gasteiger partial charge is 0.152 e. The fraction of sp³-hybridized carbons (Fsp3) is 0.700. The van der Waals surface area contributed by atoms with E-state index in [4.69, 9.17) is 0 Å². The number of likely N-dealkylation sites (N-methyl/N-ethyl adjacent to an activating group) is 1. The molecule has 0 aliphatic carbocycles. The molecule has 0 aliphatic heterocycles. The Hall–Kier alpha value is -0.630. The molecule has 0 bridgehead atoms. The Kier molecular flexibility index (Phi) is 5.64. The van der Waals surface area contributed by atoms with Gasteiger partial charge < -0.3 is 0 Å². The van der Waals surface area contributed by atoms with E-state index < -0.39 is 0 Å². The highest BCUT2D eigenvalue weighted by atomic mass is 16.1. The molecule has 0 heterocycles. The summed E-state index contributed by atoms with van der Waals surface area (Å²) in [5.41, 5.74) is 1.14. The van der Waals surface area contributed by atoms with Crippen molar-refractivity contribution in [3.63, 3.8) is 0 Å². The summed E-state index contributed by atoms with van der Waals surface area (Å²) in [5, 5.41) is 0. The van der Waals surface area contributed by atoms with Crippen LogP contribution in [0.1, 0.15) is 27.7 Å². The van der Waals surface area contributed by atoms with E-state index in [9.17, 15) is 4.79 Å². The summed E-state index contributed by atoms with van der Waals surface area (Å²) in [6.07, 6.45) is 1.71. The van der Waals surface area contributed by atoms with E-state index in [0.717, 1.165) is 25.2 Å². The molecule has 0 aromatic rings. The van der Waals surface area contributed by atoms with E-state index in [2.05, 4.69) is 18.7 Å². The van der Waals surface area contributed by atoms with E-state index >= 15 is 0 Å². The first kappa shape index (κ1) is 11.4. The first-order valence-corrected chi connectivity index (χ1v) is 4.50. The lowest BCUT2D eigenvalue weighted by Crippen LogP contribution is -2.24. The maximum atomic E-state index is 10.7. The molecule has 0 N–H and O–H groups in total. The van der Waals surface area contributed by atoms with Gasteiger partial charge in [-0.3, -0.25) is 9.69 Å². The quantitative estimate of drug-likeness (QED) is 0.585. The number of rotatable bonds is 5. The molecule has 0 amide bonds. The highest BCUT2D eigenvalue weighted by Crippen LogP contribution is 1.97. The number of hydrogen-bond acceptors (Lipinski definition) is 2. The van der Waals surface area contributed by atoms with Crippen molar-refractivity contribution in [1.82, 2.24) is 4.90 Å². The fourth-order valence-electron chi connectivity index (χ4n) is 1.19. The molecule has 70 valence electrons. The van der Waals surface area contributed by atoms with Gasteiger partial charge in [-0.15, -0.1) is 0 Å². The van der Waals surface area contributed by atoms with Crippen LogP contribution in [0.3, 0.4) is 0 Å². The van der Waals surface area contributed by atoms with Crippen LogP contribution in [-0.2, 0) is 4.79 Å². The molecule has 0 saturated heterocycles. The first-order valence-electron chi connectivity index (χ1n) is 4.50. The average Bonchev–Trinajstić information content (AvgIpc) is 1.98. The van der Waals surface area contributed by atoms with E-state index in [1.807, 2.05) is 6.92 Å². The number of nitrogens with zero attached hydrogens (tertiary/aromatic N) is 1. The van der Waals surface area contributed by atoms with E-state index in [1.54, 1.807) is 13.0 Å². The van der Waals surface area contributed by atoms with Crippen molar-refractivity contribution < 1.29 is 4.79 Å². The molecule has 2 heteroatoms. The zero-order valence-corrected chi connectivity index (χ0v) is 8.55. The van der Waals surface area contributed by atoms with Gasteiger partial charge in [0.1, 0.15) is 0 Å². The third-order valence-electron chi connectivity index (χ3n) is 1.82. The molecule has 0 unspecified atom stereocenters. The number of carbonyl (C=O) groups excluding carboxylic acids is 1. The molecule has 0 rings (SSSR count). The van der Waals surface area contributed by atoms with Crippen LogP contribution < -0.4 is 0 Å². The van der Waals surface area contributed by atoms with Crippen LogP contribution >= 0.6 is 0 Å². The molecule has 12 heavy (non-hydrogen) atoms. The minimum absolute atomic E-state index is 0.139. The minimum atomic E-state index is 0.139. The van der Waals surface area contributed by atoms with Gasteiger partial charge in [0.25, 0.3) is 0 Å². The van der Waals surface area contributed by atoms with Gasteiger partial charge in [-0.2, -0.15) is 0 Å². The lowest BCUT2D eigenvalue weighted by molar-refractivity contribution is -0.112. The van der Waals surface area contributed by atoms with Gasteiger partial charge in [0.15, 0.2) is 5.78 Å². The minimum Gasteiger partial charge on any atom is -0.300 e. The van der Waals surface area contributed by atoms with Gasteiger partial charge in [-0.05, 0) is 33.0 Å². The van der Waals surface area contributed by atoms with Gasteiger partial charge in [0.2, 0.25) is 0 Å². The summed E-state index contributed by atoms with van der Waals surface area (Å²) in [6.45, 7) is 10.8. The highest BCUT2D eigenvalue weighted by Gasteiger charge is 1.99. The number of hydrogen-bond donors (Lipinski definition) is 0. The van der Waals surface area contributed by atoms with Crippen LogP contribution in [0.4, 0.5) is 0 Å². The second kappa shape index (κ2) is 5.95. The molecule has 0 spiro atoms. The lowest BCUT2D eigenvalue weighted by atomic mass is 10.2. The number of allylic oxidation sites excluding steroid dienone is 1. The Morgan fingerprint density at radius 2 is 1.75 bits per heavy atom. The monoisotopic (exact) mass is 169 g/mol. The Balaban J connectivity index is 3.97. The second-order valence-corrected chi connectivity index (χ2v) is 3.06. The van der Waals surface area contributed by atoms with E-state index in [1.165, 1.54) is 0 Å². The van der Waals surface area contributed by atoms with Crippen LogP contribution in [0.15, 0.2) is 11.6 Å². The Labute approximate surface area is 75.3 Å². The van der Waals surface area contributed by atoms with Crippen LogP contribution in [0.2, 0.25) is 0 Å². The molecular formula is C10H19NO. The van der Waals surface area contributed by atoms with Crippen molar-refractivity contribution >= 4 is 5.78 Å². The van der Waals surface area contributed by atoms with Gasteiger partial charge in [-0.1, -0.05) is 19.4 Å². The second-order valence-electron chi connectivity index (χ2n) is 3.06. The number of carbonyl (C=O) groups is 1. The predicted molar refractivity (Wildman–Crippen MR) is 52.2 cm³/mol. The zero-order valence-electron chi connectivity index (χ0n) is 8.55. The zero-order chi connectivity index (χ0) is 9.56. The van der Waals surface area contributed by atoms with Gasteiger partial charge in [0, 0.05) is 6.54 Å². The van der Waals surface area contributed by atoms with Crippen molar-refractivity contribution in [3.05, 3.63) is 11.6 Å². The summed E-state index contributed by atoms with van der Waals surface area (Å²) >= 11 is 0. The largest absolute Gasteiger partial charge is 0.300 e. The van der Waals surface area contributed by atoms with Crippen LogP contribution in [0.5, 0.6) is 0 Å². The van der Waals surface area contributed by atoms with Gasteiger partial charge in [-0.25, -0.2) is 0 Å². The molecule has 0 fully saturated rings. The van der Waals surface area contributed by atoms with Crippen molar-refractivity contribution in [2.24, 2.45) is 0 Å². The van der Waals surface area contributed by atoms with Crippen molar-refractivity contribution in [2.75, 3.05) is 19.6 Å². The molecule has 0 atom stereocenters. The summed E-state index contributed by atoms with van der Waals surface area (Å²) in [4.78, 5) is 13.0. The molecule has 0 aliphatic rings. The van der Waals surface area contributed by atoms with Crippen LogP contribution in [-0.4, -0.2) is 30.3 Å². The van der Waals surface area contributed by atoms with Gasteiger partial charge in [0.05, 0.1) is 0 Å². The van der Waals surface area contributed by atoms with E-state index in [-0.39, 0.29) is 5.78 Å². The molecule has 0 radical (unpaired) electrons. The predicted octanol–water partition coefficient (Wildman–Crippen LogP) is 1.86. The summed E-state index contributed by atoms with van der Waals surface area (Å²) in [7, 11) is 0. The lowest BCUT2D eigenvalue weighted by Gasteiger charge is -2.17. The molecule has 2 nitrogen and oxygen atoms in total. The summed E-state index contributed by atoms with van der Waals surface area (Å²) in [6, 6.07) is 0. The van der Waals surface area contributed by atoms with Crippen molar-refractivity contribution in [1.29, 1.82) is 0 Å². The SMILES string of the molecule is CCN(CC)CC(C)=CC(C)=O. The summed E-state index contributed by atoms with van der Waals surface area (Å²) in [5.74, 6) is 0.139. The normalized spacial score (nSPS) is 12.2. The molecule has 0 aromatic heterocycles.